The van der Waals surface area contributed by atoms with E-state index in [1.54, 1.807) is 24.3 Å². The van der Waals surface area contributed by atoms with Gasteiger partial charge in [0.2, 0.25) is 0 Å². The van der Waals surface area contributed by atoms with E-state index in [-0.39, 0.29) is 12.5 Å². The highest BCUT2D eigenvalue weighted by molar-refractivity contribution is 5.77. The fourth-order valence-corrected chi connectivity index (χ4v) is 1.12. The Bertz CT molecular complexity index is 364. The van der Waals surface area contributed by atoms with Gasteiger partial charge in [0.25, 0.3) is 5.91 Å². The lowest BCUT2D eigenvalue weighted by molar-refractivity contribution is -0.123. The second kappa shape index (κ2) is 6.50. The predicted molar refractivity (Wildman–Crippen MR) is 64.2 cm³/mol. The van der Waals surface area contributed by atoms with Crippen molar-refractivity contribution in [2.75, 3.05) is 18.9 Å². The summed E-state index contributed by atoms with van der Waals surface area (Å²) in [5, 5.41) is 2.70. The maximum absolute atomic E-state index is 11.3. The van der Waals surface area contributed by atoms with Crippen molar-refractivity contribution in [1.29, 1.82) is 0 Å². The number of carbonyl (C=O) groups is 1. The first kappa shape index (κ1) is 12.1. The minimum absolute atomic E-state index is 0.0225. The monoisotopic (exact) mass is 220 g/mol. The Kier molecular flexibility index (Phi) is 4.92. The SMILES string of the molecule is C=CCCNC(=O)COc1ccccc1N. The largest absolute Gasteiger partial charge is 0.482 e. The van der Waals surface area contributed by atoms with Gasteiger partial charge in [-0.1, -0.05) is 18.2 Å². The zero-order valence-corrected chi connectivity index (χ0v) is 9.11. The number of benzene rings is 1. The lowest BCUT2D eigenvalue weighted by Gasteiger charge is -2.08. The molecule has 0 saturated carbocycles. The van der Waals surface area contributed by atoms with Crippen LogP contribution in [-0.2, 0) is 4.79 Å². The average molecular weight is 220 g/mol. The molecule has 0 spiro atoms. The maximum atomic E-state index is 11.3. The van der Waals surface area contributed by atoms with Crippen LogP contribution in [0.2, 0.25) is 0 Å². The van der Waals surface area contributed by atoms with Crippen molar-refractivity contribution in [2.45, 2.75) is 6.42 Å². The summed E-state index contributed by atoms with van der Waals surface area (Å²) in [6.07, 6.45) is 2.50. The number of nitrogen functional groups attached to an aromatic ring is 1. The molecule has 0 saturated heterocycles. The number of nitrogens with one attached hydrogen (secondary N) is 1. The number of anilines is 1. The van der Waals surface area contributed by atoms with Gasteiger partial charge in [0.15, 0.2) is 6.61 Å². The van der Waals surface area contributed by atoms with Gasteiger partial charge in [-0.15, -0.1) is 6.58 Å². The van der Waals surface area contributed by atoms with E-state index >= 15 is 0 Å². The van der Waals surface area contributed by atoms with Gasteiger partial charge in [-0.3, -0.25) is 4.79 Å². The molecule has 0 atom stereocenters. The number of ether oxygens (including phenoxy) is 1. The average Bonchev–Trinajstić information content (AvgIpc) is 2.28. The molecule has 0 fully saturated rings. The number of rotatable bonds is 6. The molecular weight excluding hydrogens is 204 g/mol. The topological polar surface area (TPSA) is 64.3 Å². The molecule has 0 bridgehead atoms. The number of carbonyl (C=O) groups excluding carboxylic acids is 1. The van der Waals surface area contributed by atoms with Crippen molar-refractivity contribution < 1.29 is 9.53 Å². The van der Waals surface area contributed by atoms with Crippen LogP contribution in [0.15, 0.2) is 36.9 Å². The highest BCUT2D eigenvalue weighted by atomic mass is 16.5. The summed E-state index contributed by atoms with van der Waals surface area (Å²) >= 11 is 0. The Morgan fingerprint density at radius 3 is 2.94 bits per heavy atom. The molecule has 86 valence electrons. The fourth-order valence-electron chi connectivity index (χ4n) is 1.12. The van der Waals surface area contributed by atoms with Gasteiger partial charge in [-0.05, 0) is 18.6 Å². The minimum Gasteiger partial charge on any atom is -0.482 e. The molecule has 0 radical (unpaired) electrons. The minimum atomic E-state index is -0.162. The van der Waals surface area contributed by atoms with E-state index in [0.717, 1.165) is 6.42 Å². The van der Waals surface area contributed by atoms with Crippen LogP contribution in [0.4, 0.5) is 5.69 Å². The van der Waals surface area contributed by atoms with Crippen LogP contribution < -0.4 is 15.8 Å². The molecule has 4 nitrogen and oxygen atoms in total. The fraction of sp³-hybridized carbons (Fsp3) is 0.250. The molecule has 0 aliphatic carbocycles. The molecule has 1 aromatic rings. The smallest absolute Gasteiger partial charge is 0.257 e. The molecule has 0 aromatic heterocycles. The van der Waals surface area contributed by atoms with Gasteiger partial charge in [-0.2, -0.15) is 0 Å². The van der Waals surface area contributed by atoms with Gasteiger partial charge in [0.05, 0.1) is 5.69 Å². The van der Waals surface area contributed by atoms with Gasteiger partial charge >= 0.3 is 0 Å². The van der Waals surface area contributed by atoms with E-state index in [1.807, 2.05) is 6.07 Å². The number of para-hydroxylation sites is 2. The molecule has 1 amide bonds. The Morgan fingerprint density at radius 2 is 2.25 bits per heavy atom. The third kappa shape index (κ3) is 4.04. The first-order chi connectivity index (χ1) is 7.74. The quantitative estimate of drug-likeness (QED) is 0.432. The number of hydrogen-bond acceptors (Lipinski definition) is 3. The van der Waals surface area contributed by atoms with Gasteiger partial charge in [0, 0.05) is 6.54 Å². The van der Waals surface area contributed by atoms with Crippen molar-refractivity contribution in [3.63, 3.8) is 0 Å². The summed E-state index contributed by atoms with van der Waals surface area (Å²) in [6, 6.07) is 7.07. The van der Waals surface area contributed by atoms with Gasteiger partial charge in [-0.25, -0.2) is 0 Å². The van der Waals surface area contributed by atoms with Crippen LogP contribution in [-0.4, -0.2) is 19.1 Å². The number of nitrogens with two attached hydrogens (primary N) is 1. The van der Waals surface area contributed by atoms with E-state index in [2.05, 4.69) is 11.9 Å². The summed E-state index contributed by atoms with van der Waals surface area (Å²) < 4.78 is 5.27. The van der Waals surface area contributed by atoms with Crippen LogP contribution in [0, 0.1) is 0 Å². The molecule has 16 heavy (non-hydrogen) atoms. The maximum Gasteiger partial charge on any atom is 0.257 e. The molecular formula is C12H16N2O2. The summed E-state index contributed by atoms with van der Waals surface area (Å²) in [5.74, 6) is 0.367. The molecule has 3 N–H and O–H groups in total. The zero-order chi connectivity index (χ0) is 11.8. The molecule has 0 aliphatic rings. The van der Waals surface area contributed by atoms with E-state index < -0.39 is 0 Å². The van der Waals surface area contributed by atoms with Gasteiger partial charge in [0.1, 0.15) is 5.75 Å². The van der Waals surface area contributed by atoms with E-state index in [9.17, 15) is 4.79 Å². The third-order valence-corrected chi connectivity index (χ3v) is 1.95. The third-order valence-electron chi connectivity index (χ3n) is 1.95. The number of amides is 1. The Labute approximate surface area is 95.1 Å². The van der Waals surface area contributed by atoms with Gasteiger partial charge < -0.3 is 15.8 Å². The Morgan fingerprint density at radius 1 is 1.50 bits per heavy atom. The van der Waals surface area contributed by atoms with E-state index in [4.69, 9.17) is 10.5 Å². The molecule has 4 heteroatoms. The predicted octanol–water partition coefficient (Wildman–Crippen LogP) is 1.34. The summed E-state index contributed by atoms with van der Waals surface area (Å²) in [6.45, 7) is 4.12. The van der Waals surface area contributed by atoms with Crippen LogP contribution in [0.5, 0.6) is 5.75 Å². The molecule has 1 aromatic carbocycles. The van der Waals surface area contributed by atoms with Crippen molar-refractivity contribution in [3.05, 3.63) is 36.9 Å². The van der Waals surface area contributed by atoms with Crippen molar-refractivity contribution in [2.24, 2.45) is 0 Å². The first-order valence-electron chi connectivity index (χ1n) is 5.09. The Hall–Kier alpha value is -1.97. The zero-order valence-electron chi connectivity index (χ0n) is 9.11. The molecule has 1 rings (SSSR count). The summed E-state index contributed by atoms with van der Waals surface area (Å²) in [5.41, 5.74) is 6.19. The second-order valence-corrected chi connectivity index (χ2v) is 3.25. The first-order valence-corrected chi connectivity index (χ1v) is 5.09. The van der Waals surface area contributed by atoms with Crippen LogP contribution in [0.25, 0.3) is 0 Å². The summed E-state index contributed by atoms with van der Waals surface area (Å²) in [7, 11) is 0. The van der Waals surface area contributed by atoms with Crippen molar-refractivity contribution in [1.82, 2.24) is 5.32 Å². The normalized spacial score (nSPS) is 9.50. The van der Waals surface area contributed by atoms with Crippen LogP contribution >= 0.6 is 0 Å². The number of hydrogen-bond donors (Lipinski definition) is 2. The Balaban J connectivity index is 2.31. The van der Waals surface area contributed by atoms with E-state index in [1.165, 1.54) is 0 Å². The lowest BCUT2D eigenvalue weighted by atomic mass is 10.3. The van der Waals surface area contributed by atoms with Crippen molar-refractivity contribution >= 4 is 11.6 Å². The lowest BCUT2D eigenvalue weighted by Crippen LogP contribution is -2.29. The highest BCUT2D eigenvalue weighted by Gasteiger charge is 2.03. The second-order valence-electron chi connectivity index (χ2n) is 3.25. The molecule has 0 heterocycles. The van der Waals surface area contributed by atoms with Crippen LogP contribution in [0.3, 0.4) is 0 Å². The molecule has 0 unspecified atom stereocenters. The molecule has 0 aliphatic heterocycles. The van der Waals surface area contributed by atoms with Crippen LogP contribution in [0.1, 0.15) is 6.42 Å². The highest BCUT2D eigenvalue weighted by Crippen LogP contribution is 2.19. The van der Waals surface area contributed by atoms with Crippen molar-refractivity contribution in [3.8, 4) is 5.75 Å². The summed E-state index contributed by atoms with van der Waals surface area (Å²) in [4.78, 5) is 11.3. The standard InChI is InChI=1S/C12H16N2O2/c1-2-3-8-14-12(15)9-16-11-7-5-4-6-10(11)13/h2,4-7H,1,3,8-9,13H2,(H,14,15). The van der Waals surface area contributed by atoms with E-state index in [0.29, 0.717) is 18.0 Å².